The van der Waals surface area contributed by atoms with Gasteiger partial charge in [-0.15, -0.1) is 12.4 Å². The van der Waals surface area contributed by atoms with Crippen molar-refractivity contribution in [1.82, 2.24) is 10.6 Å². The minimum absolute atomic E-state index is 0. The van der Waals surface area contributed by atoms with Crippen LogP contribution in [0.1, 0.15) is 6.42 Å². The summed E-state index contributed by atoms with van der Waals surface area (Å²) in [5, 5.41) is 14.7. The predicted octanol–water partition coefficient (Wildman–Crippen LogP) is -0.117. The zero-order valence-electron chi connectivity index (χ0n) is 5.76. The molecule has 0 aromatic rings. The molecule has 58 valence electrons. The van der Waals surface area contributed by atoms with E-state index in [9.17, 15) is 0 Å². The van der Waals surface area contributed by atoms with Gasteiger partial charge in [-0.2, -0.15) is 5.26 Å². The van der Waals surface area contributed by atoms with Crippen molar-refractivity contribution in [2.24, 2.45) is 0 Å². The van der Waals surface area contributed by atoms with Gasteiger partial charge in [0.2, 0.25) is 0 Å². The van der Waals surface area contributed by atoms with Crippen molar-refractivity contribution < 1.29 is 0 Å². The lowest BCUT2D eigenvalue weighted by molar-refractivity contribution is 0.423. The van der Waals surface area contributed by atoms with Crippen LogP contribution >= 0.6 is 12.4 Å². The number of nitrogens with one attached hydrogen (secondary N) is 2. The minimum Gasteiger partial charge on any atom is -0.314 e. The van der Waals surface area contributed by atoms with Gasteiger partial charge in [-0.3, -0.25) is 0 Å². The van der Waals surface area contributed by atoms with Crippen molar-refractivity contribution in [3.05, 3.63) is 0 Å². The molecule has 1 heterocycles. The topological polar surface area (TPSA) is 47.9 Å². The van der Waals surface area contributed by atoms with E-state index in [1.165, 1.54) is 0 Å². The van der Waals surface area contributed by atoms with Gasteiger partial charge in [0.1, 0.15) is 0 Å². The predicted molar refractivity (Wildman–Crippen MR) is 42.1 cm³/mol. The van der Waals surface area contributed by atoms with Crippen LogP contribution in [0.15, 0.2) is 0 Å². The van der Waals surface area contributed by atoms with Gasteiger partial charge in [0, 0.05) is 25.7 Å². The van der Waals surface area contributed by atoms with Gasteiger partial charge in [0.15, 0.2) is 0 Å². The third-order valence-corrected chi connectivity index (χ3v) is 1.46. The highest BCUT2D eigenvalue weighted by molar-refractivity contribution is 5.85. The largest absolute Gasteiger partial charge is 0.314 e. The van der Waals surface area contributed by atoms with Gasteiger partial charge >= 0.3 is 0 Å². The highest BCUT2D eigenvalue weighted by atomic mass is 35.5. The summed E-state index contributed by atoms with van der Waals surface area (Å²) in [6.07, 6.45) is 0.618. The van der Waals surface area contributed by atoms with Crippen LogP contribution in [-0.4, -0.2) is 25.7 Å². The van der Waals surface area contributed by atoms with E-state index in [0.29, 0.717) is 12.5 Å². The Balaban J connectivity index is 0.000000810. The van der Waals surface area contributed by atoms with Crippen LogP contribution in [-0.2, 0) is 0 Å². The van der Waals surface area contributed by atoms with Crippen molar-refractivity contribution in [1.29, 1.82) is 5.26 Å². The van der Waals surface area contributed by atoms with Crippen molar-refractivity contribution in [2.75, 3.05) is 19.6 Å². The Kier molecular flexibility index (Phi) is 5.32. The van der Waals surface area contributed by atoms with Crippen LogP contribution in [0.25, 0.3) is 0 Å². The molecule has 0 radical (unpaired) electrons. The molecular formula is C6H12ClN3. The fourth-order valence-electron chi connectivity index (χ4n) is 0.968. The molecular weight excluding hydrogens is 150 g/mol. The highest BCUT2D eigenvalue weighted by Gasteiger charge is 2.09. The number of halogens is 1. The van der Waals surface area contributed by atoms with Crippen LogP contribution in [0, 0.1) is 11.3 Å². The molecule has 3 nitrogen and oxygen atoms in total. The Labute approximate surface area is 67.2 Å². The van der Waals surface area contributed by atoms with Crippen molar-refractivity contribution >= 4 is 12.4 Å². The van der Waals surface area contributed by atoms with E-state index in [1.54, 1.807) is 0 Å². The number of piperazine rings is 1. The molecule has 1 aliphatic heterocycles. The first-order valence-corrected chi connectivity index (χ1v) is 3.24. The first-order valence-electron chi connectivity index (χ1n) is 3.24. The normalized spacial score (nSPS) is 24.5. The average Bonchev–Trinajstić information content (AvgIpc) is 1.91. The number of hydrogen-bond donors (Lipinski definition) is 2. The summed E-state index contributed by atoms with van der Waals surface area (Å²) in [4.78, 5) is 0. The number of rotatable bonds is 1. The Morgan fingerprint density at radius 2 is 2.30 bits per heavy atom. The summed E-state index contributed by atoms with van der Waals surface area (Å²) in [5.74, 6) is 0. The van der Waals surface area contributed by atoms with Crippen molar-refractivity contribution in [3.63, 3.8) is 0 Å². The summed E-state index contributed by atoms with van der Waals surface area (Å²) in [7, 11) is 0. The van der Waals surface area contributed by atoms with Gasteiger partial charge in [-0.1, -0.05) is 0 Å². The van der Waals surface area contributed by atoms with Crippen LogP contribution in [0.4, 0.5) is 0 Å². The molecule has 0 aliphatic carbocycles. The van der Waals surface area contributed by atoms with Crippen LogP contribution in [0.2, 0.25) is 0 Å². The van der Waals surface area contributed by atoms with Crippen LogP contribution in [0.3, 0.4) is 0 Å². The number of nitrogens with zero attached hydrogens (tertiary/aromatic N) is 1. The second-order valence-corrected chi connectivity index (χ2v) is 2.22. The molecule has 0 aromatic carbocycles. The van der Waals surface area contributed by atoms with E-state index in [2.05, 4.69) is 16.7 Å². The highest BCUT2D eigenvalue weighted by Crippen LogP contribution is 1.90. The van der Waals surface area contributed by atoms with Crippen molar-refractivity contribution in [3.8, 4) is 6.07 Å². The van der Waals surface area contributed by atoms with Crippen molar-refractivity contribution in [2.45, 2.75) is 12.5 Å². The van der Waals surface area contributed by atoms with E-state index in [0.717, 1.165) is 19.6 Å². The first kappa shape index (κ1) is 9.70. The SMILES string of the molecule is Cl.N#CC[C@H]1CNCCN1. The molecule has 10 heavy (non-hydrogen) atoms. The van der Waals surface area contributed by atoms with E-state index >= 15 is 0 Å². The lowest BCUT2D eigenvalue weighted by Crippen LogP contribution is -2.47. The Morgan fingerprint density at radius 1 is 1.50 bits per heavy atom. The third-order valence-electron chi connectivity index (χ3n) is 1.46. The molecule has 0 amide bonds. The molecule has 2 N–H and O–H groups in total. The zero-order valence-corrected chi connectivity index (χ0v) is 6.58. The van der Waals surface area contributed by atoms with Crippen LogP contribution < -0.4 is 10.6 Å². The molecule has 1 saturated heterocycles. The molecule has 0 saturated carbocycles. The standard InChI is InChI=1S/C6H11N3.ClH/c7-2-1-6-5-8-3-4-9-6;/h6,8-9H,1,3-5H2;1H/t6-;/m0./s1. The fourth-order valence-corrected chi connectivity index (χ4v) is 0.968. The minimum atomic E-state index is 0. The van der Waals surface area contributed by atoms with E-state index < -0.39 is 0 Å². The maximum Gasteiger partial charge on any atom is 0.0638 e. The summed E-state index contributed by atoms with van der Waals surface area (Å²) in [5.41, 5.74) is 0. The third kappa shape index (κ3) is 3.02. The molecule has 0 unspecified atom stereocenters. The monoisotopic (exact) mass is 161 g/mol. The summed E-state index contributed by atoms with van der Waals surface area (Å²) >= 11 is 0. The average molecular weight is 162 g/mol. The Morgan fingerprint density at radius 3 is 2.80 bits per heavy atom. The van der Waals surface area contributed by atoms with Gasteiger partial charge in [-0.25, -0.2) is 0 Å². The van der Waals surface area contributed by atoms with E-state index in [-0.39, 0.29) is 12.4 Å². The molecule has 0 aromatic heterocycles. The van der Waals surface area contributed by atoms with Gasteiger partial charge in [0.25, 0.3) is 0 Å². The maximum atomic E-state index is 8.30. The lowest BCUT2D eigenvalue weighted by atomic mass is 10.2. The van der Waals surface area contributed by atoms with Gasteiger partial charge < -0.3 is 10.6 Å². The Bertz CT molecular complexity index is 115. The van der Waals surface area contributed by atoms with E-state index in [1.807, 2.05) is 0 Å². The van der Waals surface area contributed by atoms with Gasteiger partial charge in [-0.05, 0) is 0 Å². The van der Waals surface area contributed by atoms with E-state index in [4.69, 9.17) is 5.26 Å². The molecule has 0 bridgehead atoms. The lowest BCUT2D eigenvalue weighted by Gasteiger charge is -2.21. The summed E-state index contributed by atoms with van der Waals surface area (Å²) < 4.78 is 0. The first-order chi connectivity index (χ1) is 4.43. The molecule has 1 aliphatic rings. The number of hydrogen-bond acceptors (Lipinski definition) is 3. The molecule has 1 atom stereocenters. The second kappa shape index (κ2) is 5.48. The smallest absolute Gasteiger partial charge is 0.0638 e. The van der Waals surface area contributed by atoms with Crippen LogP contribution in [0.5, 0.6) is 0 Å². The van der Waals surface area contributed by atoms with Gasteiger partial charge in [0.05, 0.1) is 12.5 Å². The molecule has 1 rings (SSSR count). The summed E-state index contributed by atoms with van der Waals surface area (Å²) in [6, 6.07) is 2.51. The molecule has 4 heteroatoms. The Hall–Kier alpha value is -0.300. The second-order valence-electron chi connectivity index (χ2n) is 2.22. The zero-order chi connectivity index (χ0) is 6.53. The summed E-state index contributed by atoms with van der Waals surface area (Å²) in [6.45, 7) is 2.96. The quantitative estimate of drug-likeness (QED) is 0.564. The molecule has 1 fully saturated rings. The molecule has 0 spiro atoms. The maximum absolute atomic E-state index is 8.30. The number of nitriles is 1. The fraction of sp³-hybridized carbons (Fsp3) is 0.833.